The second kappa shape index (κ2) is 5.80. The summed E-state index contributed by atoms with van der Waals surface area (Å²) >= 11 is 1.56. The number of hydrogen-bond donors (Lipinski definition) is 0. The van der Waals surface area contributed by atoms with E-state index in [4.69, 9.17) is 15.4 Å². The molecule has 0 aliphatic heterocycles. The molecule has 0 aromatic heterocycles. The average molecular weight is 281 g/mol. The Labute approximate surface area is 105 Å². The van der Waals surface area contributed by atoms with Gasteiger partial charge in [0.05, 0.1) is 12.9 Å². The highest BCUT2D eigenvalue weighted by molar-refractivity contribution is 8.13. The number of aryl methyl sites for hydroxylation is 1. The molecule has 0 spiro atoms. The van der Waals surface area contributed by atoms with Crippen LogP contribution in [0.5, 0.6) is 5.75 Å². The molecular weight excluding hydrogens is 268 g/mol. The minimum atomic E-state index is -3.43. The van der Waals surface area contributed by atoms with Crippen molar-refractivity contribution in [3.8, 4) is 5.75 Å². The van der Waals surface area contributed by atoms with E-state index in [1.165, 1.54) is 0 Å². The lowest BCUT2D eigenvalue weighted by Crippen LogP contribution is -2.02. The molecule has 0 saturated heterocycles. The molecule has 3 nitrogen and oxygen atoms in total. The van der Waals surface area contributed by atoms with Crippen LogP contribution in [0.1, 0.15) is 5.56 Å². The number of halogens is 1. The summed E-state index contributed by atoms with van der Waals surface area (Å²) in [6.07, 6.45) is 2.36. The molecule has 90 valence electrons. The second-order valence-electron chi connectivity index (χ2n) is 3.17. The van der Waals surface area contributed by atoms with Gasteiger partial charge in [0.15, 0.2) is 0 Å². The molecule has 0 radical (unpaired) electrons. The summed E-state index contributed by atoms with van der Waals surface area (Å²) in [4.78, 5) is 1.01. The Bertz CT molecular complexity index is 457. The minimum absolute atomic E-state index is 0.0472. The number of rotatable bonds is 5. The highest BCUT2D eigenvalue weighted by atomic mass is 35.7. The van der Waals surface area contributed by atoms with Crippen LogP contribution in [0.15, 0.2) is 23.1 Å². The molecular formula is C10H13ClO3S2. The first kappa shape index (κ1) is 13.7. The van der Waals surface area contributed by atoms with Gasteiger partial charge in [-0.25, -0.2) is 8.42 Å². The zero-order chi connectivity index (χ0) is 12.2. The molecule has 0 saturated carbocycles. The van der Waals surface area contributed by atoms with Gasteiger partial charge in [0, 0.05) is 15.6 Å². The van der Waals surface area contributed by atoms with Crippen molar-refractivity contribution in [2.75, 3.05) is 19.1 Å². The predicted octanol–water partition coefficient (Wildman–Crippen LogP) is 2.53. The predicted molar refractivity (Wildman–Crippen MR) is 68.1 cm³/mol. The normalized spacial score (nSPS) is 11.4. The first-order valence-corrected chi connectivity index (χ1v) is 8.30. The smallest absolute Gasteiger partial charge is 0.232 e. The van der Waals surface area contributed by atoms with E-state index in [2.05, 4.69) is 0 Å². The Morgan fingerprint density at radius 2 is 2.12 bits per heavy atom. The number of ether oxygens (including phenoxy) is 1. The van der Waals surface area contributed by atoms with Gasteiger partial charge in [0.1, 0.15) is 5.75 Å². The molecule has 0 bridgehead atoms. The van der Waals surface area contributed by atoms with E-state index in [1.54, 1.807) is 18.9 Å². The summed E-state index contributed by atoms with van der Waals surface area (Å²) in [5, 5.41) is 0. The first-order valence-electron chi connectivity index (χ1n) is 4.59. The molecule has 0 fully saturated rings. The Balaban J connectivity index is 2.87. The number of thioether (sulfide) groups is 1. The van der Waals surface area contributed by atoms with Crippen LogP contribution in [-0.4, -0.2) is 27.5 Å². The van der Waals surface area contributed by atoms with Crippen molar-refractivity contribution < 1.29 is 13.2 Å². The first-order chi connectivity index (χ1) is 7.46. The maximum Gasteiger partial charge on any atom is 0.232 e. The van der Waals surface area contributed by atoms with Gasteiger partial charge in [0.25, 0.3) is 0 Å². The van der Waals surface area contributed by atoms with Crippen LogP contribution in [0.25, 0.3) is 0 Å². The van der Waals surface area contributed by atoms with Gasteiger partial charge < -0.3 is 4.74 Å². The van der Waals surface area contributed by atoms with Gasteiger partial charge >= 0.3 is 0 Å². The lowest BCUT2D eigenvalue weighted by molar-refractivity contribution is 0.413. The highest BCUT2D eigenvalue weighted by Gasteiger charge is 2.09. The van der Waals surface area contributed by atoms with Crippen molar-refractivity contribution >= 4 is 31.5 Å². The standard InChI is InChI=1S/C10H13ClO3S2/c1-14-9-4-3-8(10(7-9)15-2)5-6-16(11,12)13/h3-4,7H,5-6H2,1-2H3. The number of benzene rings is 1. The van der Waals surface area contributed by atoms with Gasteiger partial charge in [-0.15, -0.1) is 11.8 Å². The van der Waals surface area contributed by atoms with Crippen LogP contribution in [0.4, 0.5) is 0 Å². The van der Waals surface area contributed by atoms with Crippen LogP contribution >= 0.6 is 22.4 Å². The van der Waals surface area contributed by atoms with Crippen molar-refractivity contribution in [3.63, 3.8) is 0 Å². The molecule has 0 atom stereocenters. The highest BCUT2D eigenvalue weighted by Crippen LogP contribution is 2.26. The Hall–Kier alpha value is -0.390. The Morgan fingerprint density at radius 3 is 2.62 bits per heavy atom. The fourth-order valence-corrected chi connectivity index (χ4v) is 2.65. The largest absolute Gasteiger partial charge is 0.497 e. The van der Waals surface area contributed by atoms with Crippen LogP contribution in [-0.2, 0) is 15.5 Å². The third kappa shape index (κ3) is 4.23. The zero-order valence-electron chi connectivity index (χ0n) is 9.07. The summed E-state index contributed by atoms with van der Waals surface area (Å²) < 4.78 is 26.8. The van der Waals surface area contributed by atoms with Crippen molar-refractivity contribution in [1.82, 2.24) is 0 Å². The SMILES string of the molecule is COc1ccc(CCS(=O)(=O)Cl)c(SC)c1. The Kier molecular flexibility index (Phi) is 4.95. The van der Waals surface area contributed by atoms with E-state index in [0.717, 1.165) is 16.2 Å². The molecule has 16 heavy (non-hydrogen) atoms. The van der Waals surface area contributed by atoms with Crippen molar-refractivity contribution in [2.45, 2.75) is 11.3 Å². The van der Waals surface area contributed by atoms with E-state index >= 15 is 0 Å². The van der Waals surface area contributed by atoms with Crippen LogP contribution < -0.4 is 4.74 Å². The van der Waals surface area contributed by atoms with Crippen LogP contribution in [0.3, 0.4) is 0 Å². The monoisotopic (exact) mass is 280 g/mol. The summed E-state index contributed by atoms with van der Waals surface area (Å²) in [6.45, 7) is 0. The molecule has 0 heterocycles. The van der Waals surface area contributed by atoms with Crippen molar-refractivity contribution in [2.24, 2.45) is 0 Å². The quantitative estimate of drug-likeness (QED) is 0.614. The van der Waals surface area contributed by atoms with Gasteiger partial charge in [-0.3, -0.25) is 0 Å². The van der Waals surface area contributed by atoms with E-state index < -0.39 is 9.05 Å². The summed E-state index contributed by atoms with van der Waals surface area (Å²) in [5.74, 6) is 0.718. The molecule has 1 aromatic rings. The van der Waals surface area contributed by atoms with Gasteiger partial charge in [-0.1, -0.05) is 6.07 Å². The summed E-state index contributed by atoms with van der Waals surface area (Å²) in [6, 6.07) is 5.57. The maximum absolute atomic E-state index is 10.9. The molecule has 0 aliphatic carbocycles. The molecule has 1 aromatic carbocycles. The number of methoxy groups -OCH3 is 1. The van der Waals surface area contributed by atoms with Crippen LogP contribution in [0.2, 0.25) is 0 Å². The molecule has 0 amide bonds. The molecule has 6 heteroatoms. The van der Waals surface area contributed by atoms with Crippen LogP contribution in [0, 0.1) is 0 Å². The average Bonchev–Trinajstić information content (AvgIpc) is 2.25. The summed E-state index contributed by atoms with van der Waals surface area (Å²) in [7, 11) is 3.35. The topological polar surface area (TPSA) is 43.4 Å². The van der Waals surface area contributed by atoms with Crippen molar-refractivity contribution in [3.05, 3.63) is 23.8 Å². The van der Waals surface area contributed by atoms with Gasteiger partial charge in [0.2, 0.25) is 9.05 Å². The fourth-order valence-electron chi connectivity index (χ4n) is 1.29. The maximum atomic E-state index is 10.9. The molecule has 0 aliphatic rings. The third-order valence-electron chi connectivity index (χ3n) is 2.11. The van der Waals surface area contributed by atoms with E-state index in [9.17, 15) is 8.42 Å². The van der Waals surface area contributed by atoms with E-state index in [1.807, 2.05) is 24.5 Å². The lowest BCUT2D eigenvalue weighted by atomic mass is 10.2. The summed E-state index contributed by atoms with van der Waals surface area (Å²) in [5.41, 5.74) is 0.970. The van der Waals surface area contributed by atoms with Gasteiger partial charge in [-0.2, -0.15) is 0 Å². The molecule has 0 N–H and O–H groups in total. The number of hydrogen-bond acceptors (Lipinski definition) is 4. The Morgan fingerprint density at radius 1 is 1.44 bits per heavy atom. The van der Waals surface area contributed by atoms with Gasteiger partial charge in [-0.05, 0) is 30.4 Å². The minimum Gasteiger partial charge on any atom is -0.497 e. The van der Waals surface area contributed by atoms with E-state index in [0.29, 0.717) is 6.42 Å². The molecule has 1 rings (SSSR count). The lowest BCUT2D eigenvalue weighted by Gasteiger charge is -2.08. The molecule has 0 unspecified atom stereocenters. The zero-order valence-corrected chi connectivity index (χ0v) is 11.5. The van der Waals surface area contributed by atoms with Crippen molar-refractivity contribution in [1.29, 1.82) is 0 Å². The second-order valence-corrected chi connectivity index (χ2v) is 6.92. The van der Waals surface area contributed by atoms with E-state index in [-0.39, 0.29) is 5.75 Å². The fraction of sp³-hybridized carbons (Fsp3) is 0.400. The third-order valence-corrected chi connectivity index (χ3v) is 4.08.